The molecule has 5 rings (SSSR count). The first kappa shape index (κ1) is 31.1. The zero-order chi connectivity index (χ0) is 32.0. The molecule has 0 spiro atoms. The molecule has 0 saturated heterocycles. The lowest BCUT2D eigenvalue weighted by Gasteiger charge is -2.23. The lowest BCUT2D eigenvalue weighted by molar-refractivity contribution is -0.148. The number of carbonyl (C=O) groups is 3. The van der Waals surface area contributed by atoms with Gasteiger partial charge in [0.2, 0.25) is 0 Å². The molecule has 234 valence electrons. The van der Waals surface area contributed by atoms with Crippen LogP contribution in [-0.2, 0) is 37.8 Å². The Labute approximate surface area is 254 Å². The van der Waals surface area contributed by atoms with Crippen molar-refractivity contribution in [2.24, 2.45) is 5.73 Å². The second kappa shape index (κ2) is 11.7. The van der Waals surface area contributed by atoms with Crippen molar-refractivity contribution < 1.29 is 33.7 Å². The highest BCUT2D eigenvalue weighted by Gasteiger charge is 2.37. The number of pyridine rings is 2. The van der Waals surface area contributed by atoms with E-state index >= 15 is 0 Å². The molecule has 4 heterocycles. The number of benzene rings is 1. The maximum absolute atomic E-state index is 13.5. The number of fused-ring (bicyclic) bond motifs is 5. The van der Waals surface area contributed by atoms with Gasteiger partial charge < -0.3 is 34.9 Å². The van der Waals surface area contributed by atoms with E-state index in [0.717, 1.165) is 16.5 Å². The van der Waals surface area contributed by atoms with Gasteiger partial charge in [0.15, 0.2) is 0 Å². The highest BCUT2D eigenvalue weighted by atomic mass is 16.6. The van der Waals surface area contributed by atoms with Gasteiger partial charge in [-0.1, -0.05) is 0 Å². The van der Waals surface area contributed by atoms with Gasteiger partial charge in [-0.25, -0.2) is 14.6 Å². The summed E-state index contributed by atoms with van der Waals surface area (Å²) in [7, 11) is 0. The number of nitrogens with two attached hydrogens (primary N) is 1. The normalized spacial score (nSPS) is 18.0. The van der Waals surface area contributed by atoms with Crippen molar-refractivity contribution in [1.82, 2.24) is 14.9 Å². The van der Waals surface area contributed by atoms with Crippen molar-refractivity contribution in [3.8, 4) is 17.1 Å². The molecule has 0 fully saturated rings. The third-order valence-electron chi connectivity index (χ3n) is 7.89. The molecule has 1 aromatic carbocycles. The first-order valence-corrected chi connectivity index (χ1v) is 14.7. The quantitative estimate of drug-likeness (QED) is 0.161. The Morgan fingerprint density at radius 1 is 1.20 bits per heavy atom. The fourth-order valence-electron chi connectivity index (χ4n) is 5.69. The van der Waals surface area contributed by atoms with Crippen molar-refractivity contribution >= 4 is 28.9 Å². The number of hydrogen-bond acceptors (Lipinski definition) is 10. The molecular formula is C32H38N4O8. The number of aryl methyl sites for hydroxylation is 1. The van der Waals surface area contributed by atoms with E-state index in [2.05, 4.69) is 5.32 Å². The summed E-state index contributed by atoms with van der Waals surface area (Å²) >= 11 is 0. The van der Waals surface area contributed by atoms with Crippen LogP contribution >= 0.6 is 0 Å². The van der Waals surface area contributed by atoms with Gasteiger partial charge >= 0.3 is 18.0 Å². The van der Waals surface area contributed by atoms with Gasteiger partial charge in [0.1, 0.15) is 24.0 Å². The first-order valence-electron chi connectivity index (χ1n) is 14.7. The number of aliphatic hydroxyl groups is 1. The molecule has 0 bridgehead atoms. The lowest BCUT2D eigenvalue weighted by Crippen LogP contribution is -2.45. The summed E-state index contributed by atoms with van der Waals surface area (Å²) in [6, 6.07) is 5.85. The van der Waals surface area contributed by atoms with Crippen LogP contribution in [0.15, 0.2) is 29.1 Å². The molecule has 3 aromatic rings. The van der Waals surface area contributed by atoms with Gasteiger partial charge in [-0.2, -0.15) is 0 Å². The number of alkyl carbamates (subject to hydrolysis) is 1. The predicted molar refractivity (Wildman–Crippen MR) is 161 cm³/mol. The Balaban J connectivity index is 1.45. The minimum Gasteiger partial charge on any atom is -0.460 e. The average Bonchev–Trinajstić information content (AvgIpc) is 3.24. The highest BCUT2D eigenvalue weighted by Crippen LogP contribution is 2.39. The molecule has 0 aliphatic carbocycles. The third kappa shape index (κ3) is 6.18. The molecule has 12 heteroatoms. The summed E-state index contributed by atoms with van der Waals surface area (Å²) in [5, 5.41) is 14.4. The van der Waals surface area contributed by atoms with Gasteiger partial charge in [-0.3, -0.25) is 9.59 Å². The number of unbranched alkanes of at least 4 members (excludes halogenated alkanes) is 1. The summed E-state index contributed by atoms with van der Waals surface area (Å²) in [6.07, 6.45) is 0.652. The molecule has 2 aliphatic rings. The monoisotopic (exact) mass is 606 g/mol. The van der Waals surface area contributed by atoms with Gasteiger partial charge in [-0.05, 0) is 95.8 Å². The fourth-order valence-corrected chi connectivity index (χ4v) is 5.69. The van der Waals surface area contributed by atoms with Gasteiger partial charge in [0.25, 0.3) is 5.56 Å². The zero-order valence-corrected chi connectivity index (χ0v) is 25.6. The molecule has 44 heavy (non-hydrogen) atoms. The van der Waals surface area contributed by atoms with Crippen LogP contribution in [0.25, 0.3) is 22.3 Å². The smallest absolute Gasteiger partial charge is 0.408 e. The Hall–Kier alpha value is -4.29. The number of amides is 1. The third-order valence-corrected chi connectivity index (χ3v) is 7.89. The maximum atomic E-state index is 13.5. The van der Waals surface area contributed by atoms with E-state index in [0.29, 0.717) is 48.3 Å². The van der Waals surface area contributed by atoms with E-state index in [4.69, 9.17) is 24.9 Å². The Morgan fingerprint density at radius 2 is 1.95 bits per heavy atom. The van der Waals surface area contributed by atoms with E-state index in [9.17, 15) is 24.3 Å². The van der Waals surface area contributed by atoms with Crippen LogP contribution in [0.3, 0.4) is 0 Å². The van der Waals surface area contributed by atoms with Crippen molar-refractivity contribution in [3.63, 3.8) is 0 Å². The van der Waals surface area contributed by atoms with Crippen molar-refractivity contribution in [3.05, 3.63) is 56.9 Å². The number of nitrogens with zero attached hydrogens (tertiary/aromatic N) is 2. The van der Waals surface area contributed by atoms with Crippen molar-refractivity contribution in [1.29, 1.82) is 0 Å². The number of esters is 2. The van der Waals surface area contributed by atoms with Crippen molar-refractivity contribution in [2.75, 3.05) is 6.54 Å². The maximum Gasteiger partial charge on any atom is 0.408 e. The summed E-state index contributed by atoms with van der Waals surface area (Å²) < 4.78 is 17.8. The summed E-state index contributed by atoms with van der Waals surface area (Å²) in [5.41, 5.74) is 7.02. The molecule has 1 unspecified atom stereocenters. The molecule has 2 aliphatic heterocycles. The summed E-state index contributed by atoms with van der Waals surface area (Å²) in [6.45, 7) is 9.12. The average molecular weight is 607 g/mol. The molecule has 12 nitrogen and oxygen atoms in total. The SMILES string of the molecule is Cc1c2c(nc3ccc(OC(=O)[C@H](CCCCN)NC(=O)OC(C)(C)C)cc13)-c1cc3c(c(=O)n1C2)COC(=O)CC3(C)O. The second-order valence-electron chi connectivity index (χ2n) is 12.6. The fraction of sp³-hybridized carbons (Fsp3) is 0.469. The van der Waals surface area contributed by atoms with Crippen molar-refractivity contribution in [2.45, 2.75) is 90.7 Å². The number of ether oxygens (including phenoxy) is 3. The highest BCUT2D eigenvalue weighted by molar-refractivity contribution is 5.90. The van der Waals surface area contributed by atoms with Crippen LogP contribution in [0.4, 0.5) is 4.79 Å². The number of hydrogen-bond donors (Lipinski definition) is 3. The predicted octanol–water partition coefficient (Wildman–Crippen LogP) is 3.32. The van der Waals surface area contributed by atoms with Gasteiger partial charge in [0.05, 0.1) is 41.0 Å². The standard InChI is InChI=1S/C32H38N4O8/c1-17-19-12-18(43-29(39)24(8-6-7-11-33)35-30(40)44-31(2,3)4)9-10-23(19)34-27-20(17)15-36-25(27)13-22-21(28(36)38)16-42-26(37)14-32(22,5)41/h9-10,12-13,24,41H,6-8,11,14-16,33H2,1-5H3,(H,35,40)/t24-,32?/m0/s1. The van der Waals surface area contributed by atoms with Crippen LogP contribution in [0.5, 0.6) is 5.75 Å². The molecular weight excluding hydrogens is 568 g/mol. The number of aromatic nitrogens is 2. The summed E-state index contributed by atoms with van der Waals surface area (Å²) in [5.74, 6) is -0.929. The van der Waals surface area contributed by atoms with Crippen LogP contribution in [-0.4, -0.2) is 50.9 Å². The Bertz CT molecular complexity index is 1720. The van der Waals surface area contributed by atoms with Crippen LogP contribution in [0, 0.1) is 6.92 Å². The van der Waals surface area contributed by atoms with Crippen LogP contribution < -0.4 is 21.3 Å². The van der Waals surface area contributed by atoms with E-state index in [1.54, 1.807) is 49.6 Å². The van der Waals surface area contributed by atoms with E-state index < -0.39 is 35.3 Å². The zero-order valence-electron chi connectivity index (χ0n) is 25.6. The molecule has 2 aromatic heterocycles. The molecule has 0 radical (unpaired) electrons. The van der Waals surface area contributed by atoms with Crippen LogP contribution in [0.1, 0.15) is 75.6 Å². The van der Waals surface area contributed by atoms with Crippen LogP contribution in [0.2, 0.25) is 0 Å². The minimum atomic E-state index is -1.56. The number of cyclic esters (lactones) is 1. The van der Waals surface area contributed by atoms with E-state index in [-0.39, 0.29) is 36.4 Å². The molecule has 2 atom stereocenters. The summed E-state index contributed by atoms with van der Waals surface area (Å²) in [4.78, 5) is 56.1. The topological polar surface area (TPSA) is 172 Å². The van der Waals surface area contributed by atoms with E-state index in [1.165, 1.54) is 6.92 Å². The Kier molecular flexibility index (Phi) is 8.25. The van der Waals surface area contributed by atoms with Gasteiger partial charge in [0, 0.05) is 10.9 Å². The first-order chi connectivity index (χ1) is 20.7. The largest absolute Gasteiger partial charge is 0.460 e. The number of carbonyl (C=O) groups excluding carboxylic acids is 3. The number of nitrogens with one attached hydrogen (secondary N) is 1. The van der Waals surface area contributed by atoms with E-state index in [1.807, 2.05) is 6.92 Å². The second-order valence-corrected chi connectivity index (χ2v) is 12.6. The van der Waals surface area contributed by atoms with Gasteiger partial charge in [-0.15, -0.1) is 0 Å². The Morgan fingerprint density at radius 3 is 2.66 bits per heavy atom. The minimum absolute atomic E-state index is 0.209. The molecule has 1 amide bonds. The number of rotatable bonds is 7. The lowest BCUT2D eigenvalue weighted by atomic mass is 9.89. The molecule has 0 saturated carbocycles. The molecule has 4 N–H and O–H groups in total.